The quantitative estimate of drug-likeness (QED) is 0.381. The third-order valence-electron chi connectivity index (χ3n) is 5.51. The summed E-state index contributed by atoms with van der Waals surface area (Å²) in [5.41, 5.74) is 1.66. The number of aromatic nitrogens is 1. The highest BCUT2D eigenvalue weighted by atomic mass is 19.4. The number of carboxylic acid groups (broad SMARTS) is 1. The zero-order chi connectivity index (χ0) is 27.2. The van der Waals surface area contributed by atoms with E-state index in [0.29, 0.717) is 5.69 Å². The molecule has 0 atom stereocenters. The average molecular weight is 528 g/mol. The number of carbonyl (C=O) groups excluding carboxylic acids is 1. The normalized spacial score (nSPS) is 14.5. The number of alkyl halides is 6. The highest BCUT2D eigenvalue weighted by molar-refractivity contribution is 5.91. The van der Waals surface area contributed by atoms with E-state index < -0.39 is 29.9 Å². The van der Waals surface area contributed by atoms with Crippen LogP contribution in [0.2, 0.25) is 0 Å². The molecule has 1 aromatic heterocycles. The smallest absolute Gasteiger partial charge is 0.475 e. The molecule has 3 aromatic rings. The predicted octanol–water partition coefficient (Wildman–Crippen LogP) is 5.68. The number of aliphatic carboxylic acids is 1. The van der Waals surface area contributed by atoms with E-state index in [9.17, 15) is 31.1 Å². The first-order chi connectivity index (χ1) is 17.3. The summed E-state index contributed by atoms with van der Waals surface area (Å²) in [6, 6.07) is 14.0. The van der Waals surface area contributed by atoms with Gasteiger partial charge in [0.1, 0.15) is 0 Å². The minimum Gasteiger partial charge on any atom is -0.475 e. The number of urea groups is 1. The zero-order valence-electron chi connectivity index (χ0n) is 19.1. The van der Waals surface area contributed by atoms with Crippen LogP contribution in [0.5, 0.6) is 0 Å². The van der Waals surface area contributed by atoms with Crippen LogP contribution in [0.15, 0.2) is 60.8 Å². The molecule has 198 valence electrons. The third-order valence-corrected chi connectivity index (χ3v) is 5.51. The van der Waals surface area contributed by atoms with Crippen LogP contribution >= 0.6 is 0 Å². The molecule has 1 aliphatic rings. The molecule has 0 radical (unpaired) electrons. The van der Waals surface area contributed by atoms with E-state index >= 15 is 0 Å². The first kappa shape index (κ1) is 27.6. The second-order valence-corrected chi connectivity index (χ2v) is 8.09. The van der Waals surface area contributed by atoms with Gasteiger partial charge in [0.2, 0.25) is 0 Å². The van der Waals surface area contributed by atoms with Gasteiger partial charge in [0, 0.05) is 42.1 Å². The molecule has 0 aliphatic carbocycles. The van der Waals surface area contributed by atoms with Gasteiger partial charge in [0.15, 0.2) is 0 Å². The lowest BCUT2D eigenvalue weighted by Gasteiger charge is -2.34. The van der Waals surface area contributed by atoms with Crippen molar-refractivity contribution in [2.24, 2.45) is 0 Å². The second-order valence-electron chi connectivity index (χ2n) is 8.09. The SMILES string of the molecule is O=C(Nc1ccc(C(F)(F)F)cc1)NC1CCN(c2ccnc3ccccc23)CC1.O=C(O)C(F)(F)F. The van der Waals surface area contributed by atoms with Gasteiger partial charge < -0.3 is 20.6 Å². The number of pyridine rings is 1. The maximum atomic E-state index is 12.6. The standard InChI is InChI=1S/C22H21F3N4O.C2HF3O2/c23-22(24,25)15-5-7-16(8-6-15)27-21(30)28-17-10-13-29(14-11-17)20-9-12-26-19-4-2-1-3-18(19)20;3-2(4,5)1(6)7/h1-9,12,17H,10-11,13-14H2,(H2,27,28,30);(H,6,7). The molecular formula is C24H22F6N4O3. The number of nitrogens with one attached hydrogen (secondary N) is 2. The van der Waals surface area contributed by atoms with Gasteiger partial charge in [-0.25, -0.2) is 9.59 Å². The van der Waals surface area contributed by atoms with E-state index in [2.05, 4.69) is 26.6 Å². The summed E-state index contributed by atoms with van der Waals surface area (Å²) in [4.78, 5) is 27.8. The van der Waals surface area contributed by atoms with Gasteiger partial charge in [-0.15, -0.1) is 0 Å². The number of hydrogen-bond acceptors (Lipinski definition) is 4. The Bertz CT molecular complexity index is 1220. The summed E-state index contributed by atoms with van der Waals surface area (Å²) in [5, 5.41) is 13.7. The van der Waals surface area contributed by atoms with E-state index in [-0.39, 0.29) is 6.04 Å². The molecule has 0 bridgehead atoms. The number of para-hydroxylation sites is 1. The summed E-state index contributed by atoms with van der Waals surface area (Å²) >= 11 is 0. The lowest BCUT2D eigenvalue weighted by atomic mass is 10.0. The minimum atomic E-state index is -5.08. The number of anilines is 2. The Kier molecular flexibility index (Phi) is 8.46. The van der Waals surface area contributed by atoms with E-state index in [1.807, 2.05) is 24.3 Å². The number of carbonyl (C=O) groups is 2. The molecule has 37 heavy (non-hydrogen) atoms. The molecule has 0 saturated carbocycles. The van der Waals surface area contributed by atoms with Gasteiger partial charge in [-0.2, -0.15) is 26.3 Å². The second kappa shape index (κ2) is 11.4. The number of nitrogens with zero attached hydrogens (tertiary/aromatic N) is 2. The molecule has 1 aliphatic heterocycles. The maximum Gasteiger partial charge on any atom is 0.490 e. The number of carboxylic acids is 1. The molecule has 1 saturated heterocycles. The van der Waals surface area contributed by atoms with E-state index in [1.54, 1.807) is 6.20 Å². The molecule has 2 heterocycles. The first-order valence-corrected chi connectivity index (χ1v) is 11.0. The lowest BCUT2D eigenvalue weighted by Crippen LogP contribution is -2.46. The van der Waals surface area contributed by atoms with Crippen LogP contribution in [0.3, 0.4) is 0 Å². The van der Waals surface area contributed by atoms with Crippen molar-refractivity contribution in [2.75, 3.05) is 23.3 Å². The Balaban J connectivity index is 0.000000479. The molecule has 2 amide bonds. The first-order valence-electron chi connectivity index (χ1n) is 11.0. The van der Waals surface area contributed by atoms with Crippen molar-refractivity contribution in [3.63, 3.8) is 0 Å². The molecule has 0 spiro atoms. The fraction of sp³-hybridized carbons (Fsp3) is 0.292. The fourth-order valence-corrected chi connectivity index (χ4v) is 3.72. The van der Waals surface area contributed by atoms with Crippen molar-refractivity contribution < 1.29 is 41.0 Å². The number of benzene rings is 2. The van der Waals surface area contributed by atoms with Gasteiger partial charge in [-0.1, -0.05) is 18.2 Å². The molecular weight excluding hydrogens is 506 g/mol. The van der Waals surface area contributed by atoms with E-state index in [4.69, 9.17) is 9.90 Å². The number of halogens is 6. The molecule has 13 heteroatoms. The van der Waals surface area contributed by atoms with Crippen LogP contribution in [0.1, 0.15) is 18.4 Å². The van der Waals surface area contributed by atoms with Crippen molar-refractivity contribution in [3.05, 3.63) is 66.4 Å². The summed E-state index contributed by atoms with van der Waals surface area (Å²) in [7, 11) is 0. The number of amides is 2. The molecule has 3 N–H and O–H groups in total. The van der Waals surface area contributed by atoms with Crippen LogP contribution in [-0.4, -0.2) is 47.4 Å². The van der Waals surface area contributed by atoms with Crippen LogP contribution in [0.4, 0.5) is 42.5 Å². The Morgan fingerprint density at radius 2 is 1.51 bits per heavy atom. The zero-order valence-corrected chi connectivity index (χ0v) is 19.1. The summed E-state index contributed by atoms with van der Waals surface area (Å²) in [6.45, 7) is 1.58. The lowest BCUT2D eigenvalue weighted by molar-refractivity contribution is -0.192. The van der Waals surface area contributed by atoms with E-state index in [1.165, 1.54) is 12.1 Å². The van der Waals surface area contributed by atoms with Crippen molar-refractivity contribution in [1.82, 2.24) is 10.3 Å². The third kappa shape index (κ3) is 7.72. The Labute approximate surface area is 207 Å². The Hall–Kier alpha value is -4.03. The van der Waals surface area contributed by atoms with Gasteiger partial charge in [-0.3, -0.25) is 4.98 Å². The highest BCUT2D eigenvalue weighted by Gasteiger charge is 2.38. The fourth-order valence-electron chi connectivity index (χ4n) is 3.72. The van der Waals surface area contributed by atoms with E-state index in [0.717, 1.165) is 54.7 Å². The maximum absolute atomic E-state index is 12.6. The van der Waals surface area contributed by atoms with Gasteiger partial charge >= 0.3 is 24.4 Å². The predicted molar refractivity (Wildman–Crippen MR) is 124 cm³/mol. The van der Waals surface area contributed by atoms with Crippen molar-refractivity contribution in [1.29, 1.82) is 0 Å². The van der Waals surface area contributed by atoms with Crippen LogP contribution in [-0.2, 0) is 11.0 Å². The van der Waals surface area contributed by atoms with Gasteiger partial charge in [0.25, 0.3) is 0 Å². The van der Waals surface area contributed by atoms with Crippen LogP contribution in [0.25, 0.3) is 10.9 Å². The molecule has 4 rings (SSSR count). The Morgan fingerprint density at radius 3 is 2.08 bits per heavy atom. The van der Waals surface area contributed by atoms with Crippen LogP contribution < -0.4 is 15.5 Å². The number of hydrogen-bond donors (Lipinski definition) is 3. The summed E-state index contributed by atoms with van der Waals surface area (Å²) < 4.78 is 69.6. The number of piperidine rings is 1. The van der Waals surface area contributed by atoms with Crippen molar-refractivity contribution in [2.45, 2.75) is 31.2 Å². The van der Waals surface area contributed by atoms with Gasteiger partial charge in [0.05, 0.1) is 11.1 Å². The van der Waals surface area contributed by atoms with Gasteiger partial charge in [-0.05, 0) is 49.2 Å². The Morgan fingerprint density at radius 1 is 0.919 bits per heavy atom. The molecule has 2 aromatic carbocycles. The highest BCUT2D eigenvalue weighted by Crippen LogP contribution is 2.30. The monoisotopic (exact) mass is 528 g/mol. The molecule has 7 nitrogen and oxygen atoms in total. The van der Waals surface area contributed by atoms with Crippen molar-refractivity contribution in [3.8, 4) is 0 Å². The number of fused-ring (bicyclic) bond motifs is 1. The average Bonchev–Trinajstić information content (AvgIpc) is 2.84. The molecule has 1 fully saturated rings. The summed E-state index contributed by atoms with van der Waals surface area (Å²) in [5.74, 6) is -2.76. The van der Waals surface area contributed by atoms with Crippen LogP contribution in [0, 0.1) is 0 Å². The summed E-state index contributed by atoms with van der Waals surface area (Å²) in [6.07, 6.45) is -6.12. The number of rotatable bonds is 3. The molecule has 0 unspecified atom stereocenters. The van der Waals surface area contributed by atoms with Crippen molar-refractivity contribution >= 4 is 34.3 Å². The topological polar surface area (TPSA) is 94.6 Å². The largest absolute Gasteiger partial charge is 0.490 e. The minimum absolute atomic E-state index is 0.00352.